The van der Waals surface area contributed by atoms with Crippen molar-refractivity contribution in [2.24, 2.45) is 17.8 Å². The second kappa shape index (κ2) is 13.0. The molecule has 0 saturated carbocycles. The smallest absolute Gasteiger partial charge is 0.312 e. The Bertz CT molecular complexity index is 1360. The van der Waals surface area contributed by atoms with Gasteiger partial charge in [-0.2, -0.15) is 0 Å². The van der Waals surface area contributed by atoms with Gasteiger partial charge in [-0.15, -0.1) is 18.3 Å². The Hall–Kier alpha value is -3.57. The van der Waals surface area contributed by atoms with Crippen LogP contribution < -0.4 is 0 Å². The molecule has 1 aromatic carbocycles. The molecule has 2 unspecified atom stereocenters. The molecule has 4 heterocycles. The minimum absolute atomic E-state index is 0.0807. The van der Waals surface area contributed by atoms with E-state index < -0.39 is 41.6 Å². The van der Waals surface area contributed by atoms with Crippen molar-refractivity contribution < 1.29 is 29.0 Å². The number of benzene rings is 1. The Morgan fingerprint density at radius 2 is 2.07 bits per heavy atom. The minimum atomic E-state index is -1.20. The largest absolute Gasteiger partial charge is 0.465 e. The first-order valence-electron chi connectivity index (χ1n) is 15.4. The van der Waals surface area contributed by atoms with Gasteiger partial charge in [0, 0.05) is 6.54 Å². The number of allylic oxidation sites excluding steroid dienone is 1. The molecule has 3 saturated heterocycles. The molecule has 11 heteroatoms. The maximum Gasteiger partial charge on any atom is 0.312 e. The number of amides is 2. The van der Waals surface area contributed by atoms with Gasteiger partial charge in [-0.3, -0.25) is 14.4 Å². The van der Waals surface area contributed by atoms with Crippen LogP contribution in [0, 0.1) is 17.8 Å². The molecule has 1 spiro atoms. The summed E-state index contributed by atoms with van der Waals surface area (Å²) in [5.74, 6) is -2.90. The summed E-state index contributed by atoms with van der Waals surface area (Å²) in [7, 11) is 0. The molecule has 0 aliphatic carbocycles. The van der Waals surface area contributed by atoms with Crippen molar-refractivity contribution in [3.05, 3.63) is 49.6 Å². The van der Waals surface area contributed by atoms with E-state index in [1.54, 1.807) is 15.7 Å². The Labute approximate surface area is 252 Å². The number of para-hydroxylation sites is 1. The van der Waals surface area contributed by atoms with Crippen LogP contribution in [0.4, 0.5) is 0 Å². The lowest BCUT2D eigenvalue weighted by Gasteiger charge is -2.40. The molecular weight excluding hydrogens is 550 g/mol. The predicted molar refractivity (Wildman–Crippen MR) is 159 cm³/mol. The highest BCUT2D eigenvalue weighted by molar-refractivity contribution is 5.98. The molecule has 2 aromatic rings. The Morgan fingerprint density at radius 3 is 2.79 bits per heavy atom. The van der Waals surface area contributed by atoms with E-state index in [1.807, 2.05) is 44.2 Å². The average molecular weight is 594 g/mol. The summed E-state index contributed by atoms with van der Waals surface area (Å²) in [6.45, 7) is 11.7. The molecule has 0 radical (unpaired) electrons. The number of fused-ring (bicyclic) bond motifs is 2. The second-order valence-corrected chi connectivity index (χ2v) is 12.0. The molecule has 1 aromatic heterocycles. The average Bonchev–Trinajstić information content (AvgIpc) is 3.76. The fourth-order valence-corrected chi connectivity index (χ4v) is 7.20. The molecule has 43 heavy (non-hydrogen) atoms. The zero-order valence-electron chi connectivity index (χ0n) is 25.1. The number of aromatic nitrogens is 3. The maximum absolute atomic E-state index is 14.7. The summed E-state index contributed by atoms with van der Waals surface area (Å²) in [6, 6.07) is 5.83. The van der Waals surface area contributed by atoms with Gasteiger partial charge in [-0.05, 0) is 50.2 Å². The van der Waals surface area contributed by atoms with E-state index in [4.69, 9.17) is 9.47 Å². The standard InChI is InChI=1S/C32H43N5O6/c1-5-8-9-12-18-42-31(41)26-25-15-16-32(43-25)27(26)29(39)37(24(19-38)21(4)7-3)28(32)30(40)35(17-6-2)20-36-23-14-11-10-13-22(23)33-34-36/h5-6,10-11,13-14,21,24-28,38H,1-2,7-9,12,15-20H2,3-4H3/t21-,24-,25-,26+,27-,28?,32?/m0/s1. The van der Waals surface area contributed by atoms with Gasteiger partial charge in [0.2, 0.25) is 11.8 Å². The van der Waals surface area contributed by atoms with Gasteiger partial charge in [-0.1, -0.05) is 49.8 Å². The van der Waals surface area contributed by atoms with Crippen LogP contribution in [-0.4, -0.2) is 91.2 Å². The van der Waals surface area contributed by atoms with Gasteiger partial charge in [0.25, 0.3) is 0 Å². The van der Waals surface area contributed by atoms with Crippen LogP contribution in [0.5, 0.6) is 0 Å². The number of unbranched alkanes of at least 4 members (excludes halogenated alkanes) is 2. The van der Waals surface area contributed by atoms with Gasteiger partial charge in [-0.25, -0.2) is 4.68 Å². The number of hydrogen-bond donors (Lipinski definition) is 1. The van der Waals surface area contributed by atoms with E-state index in [9.17, 15) is 19.5 Å². The molecule has 5 rings (SSSR count). The SMILES string of the molecule is C=CCCCCOC(=O)[C@@H]1[C@@H]2CCC3(O2)C(C(=O)N(CC=C)Cn2nnc4ccccc42)N([C@@H](CO)[C@@H](C)CC)C(=O)[C@H]13. The molecule has 11 nitrogen and oxygen atoms in total. The highest BCUT2D eigenvalue weighted by Gasteiger charge is 2.75. The van der Waals surface area contributed by atoms with Crippen molar-refractivity contribution in [1.29, 1.82) is 0 Å². The third-order valence-corrected chi connectivity index (χ3v) is 9.52. The van der Waals surface area contributed by atoms with Crippen molar-refractivity contribution >= 4 is 28.8 Å². The van der Waals surface area contributed by atoms with Crippen LogP contribution in [-0.2, 0) is 30.5 Å². The third-order valence-electron chi connectivity index (χ3n) is 9.52. The van der Waals surface area contributed by atoms with E-state index in [1.165, 1.54) is 4.90 Å². The van der Waals surface area contributed by atoms with Crippen LogP contribution >= 0.6 is 0 Å². The number of esters is 1. The number of nitrogens with zero attached hydrogens (tertiary/aromatic N) is 5. The van der Waals surface area contributed by atoms with Crippen molar-refractivity contribution in [1.82, 2.24) is 24.8 Å². The highest BCUT2D eigenvalue weighted by Crippen LogP contribution is 2.59. The van der Waals surface area contributed by atoms with E-state index in [0.717, 1.165) is 18.4 Å². The molecule has 3 fully saturated rings. The molecular formula is C32H43N5O6. The van der Waals surface area contributed by atoms with Crippen LogP contribution in [0.25, 0.3) is 11.0 Å². The lowest BCUT2D eigenvalue weighted by Crippen LogP contribution is -2.60. The van der Waals surface area contributed by atoms with E-state index in [0.29, 0.717) is 31.2 Å². The van der Waals surface area contributed by atoms with Crippen LogP contribution in [0.15, 0.2) is 49.6 Å². The Kier molecular flexibility index (Phi) is 9.31. The first-order chi connectivity index (χ1) is 20.8. The minimum Gasteiger partial charge on any atom is -0.465 e. The number of rotatable bonds is 15. The maximum atomic E-state index is 14.7. The van der Waals surface area contributed by atoms with Gasteiger partial charge in [0.1, 0.15) is 23.8 Å². The molecule has 1 N–H and O–H groups in total. The van der Waals surface area contributed by atoms with Gasteiger partial charge >= 0.3 is 5.97 Å². The van der Waals surface area contributed by atoms with Gasteiger partial charge in [0.05, 0.1) is 42.7 Å². The number of likely N-dealkylation sites (tertiary alicyclic amines) is 1. The number of aliphatic hydroxyl groups excluding tert-OH is 1. The summed E-state index contributed by atoms with van der Waals surface area (Å²) < 4.78 is 13.9. The second-order valence-electron chi connectivity index (χ2n) is 12.0. The van der Waals surface area contributed by atoms with Crippen LogP contribution in [0.1, 0.15) is 52.4 Å². The van der Waals surface area contributed by atoms with E-state index in [2.05, 4.69) is 23.5 Å². The quantitative estimate of drug-likeness (QED) is 0.190. The van der Waals surface area contributed by atoms with Crippen molar-refractivity contribution in [3.8, 4) is 0 Å². The molecule has 2 amide bonds. The first-order valence-corrected chi connectivity index (χ1v) is 15.4. The number of carbonyl (C=O) groups excluding carboxylic acids is 3. The molecule has 2 bridgehead atoms. The lowest BCUT2D eigenvalue weighted by molar-refractivity contribution is -0.157. The monoisotopic (exact) mass is 593 g/mol. The summed E-state index contributed by atoms with van der Waals surface area (Å²) in [5.41, 5.74) is 0.267. The summed E-state index contributed by atoms with van der Waals surface area (Å²) in [6.07, 6.45) is 7.02. The summed E-state index contributed by atoms with van der Waals surface area (Å²) >= 11 is 0. The number of carbonyl (C=O) groups is 3. The van der Waals surface area contributed by atoms with Gasteiger partial charge < -0.3 is 24.4 Å². The van der Waals surface area contributed by atoms with Crippen LogP contribution in [0.2, 0.25) is 0 Å². The highest BCUT2D eigenvalue weighted by atomic mass is 16.6. The predicted octanol–water partition coefficient (Wildman–Crippen LogP) is 3.08. The van der Waals surface area contributed by atoms with Crippen molar-refractivity contribution in [2.75, 3.05) is 19.8 Å². The summed E-state index contributed by atoms with van der Waals surface area (Å²) in [5, 5.41) is 19.1. The fraction of sp³-hybridized carbons (Fsp3) is 0.594. The van der Waals surface area contributed by atoms with E-state index in [-0.39, 0.29) is 44.2 Å². The zero-order chi connectivity index (χ0) is 30.7. The third kappa shape index (κ3) is 5.37. The van der Waals surface area contributed by atoms with Crippen molar-refractivity contribution in [2.45, 2.75) is 82.8 Å². The lowest BCUT2D eigenvalue weighted by atomic mass is 9.70. The molecule has 232 valence electrons. The number of aliphatic hydroxyl groups is 1. The summed E-state index contributed by atoms with van der Waals surface area (Å²) in [4.78, 5) is 45.7. The fourth-order valence-electron chi connectivity index (χ4n) is 7.20. The normalized spacial score (nSPS) is 27.2. The van der Waals surface area contributed by atoms with E-state index >= 15 is 0 Å². The first kappa shape index (κ1) is 30.9. The molecule has 7 atom stereocenters. The topological polar surface area (TPSA) is 127 Å². The number of hydrogen-bond acceptors (Lipinski definition) is 8. The zero-order valence-corrected chi connectivity index (χ0v) is 25.1. The Balaban J connectivity index is 1.49. The van der Waals surface area contributed by atoms with Gasteiger partial charge in [0.15, 0.2) is 0 Å². The molecule has 3 aliphatic rings. The Morgan fingerprint density at radius 1 is 1.28 bits per heavy atom. The molecule has 3 aliphatic heterocycles. The van der Waals surface area contributed by atoms with Crippen LogP contribution in [0.3, 0.4) is 0 Å². The van der Waals surface area contributed by atoms with Crippen molar-refractivity contribution in [3.63, 3.8) is 0 Å². The number of ether oxygens (including phenoxy) is 2.